The molecule has 0 saturated heterocycles. The van der Waals surface area contributed by atoms with Crippen LogP contribution in [0.2, 0.25) is 0 Å². The number of benzene rings is 1. The molecule has 1 aromatic rings. The summed E-state index contributed by atoms with van der Waals surface area (Å²) in [5.74, 6) is -0.0117. The van der Waals surface area contributed by atoms with Gasteiger partial charge in [-0.2, -0.15) is 13.2 Å². The summed E-state index contributed by atoms with van der Waals surface area (Å²) in [5.41, 5.74) is -0.179. The Kier molecular flexibility index (Phi) is 4.74. The van der Waals surface area contributed by atoms with Crippen molar-refractivity contribution in [3.05, 3.63) is 35.4 Å². The Balaban J connectivity index is 2.83. The quantitative estimate of drug-likeness (QED) is 0.769. The monoisotopic (exact) mass is 308 g/mol. The van der Waals surface area contributed by atoms with E-state index in [-0.39, 0.29) is 12.2 Å². The van der Waals surface area contributed by atoms with E-state index in [1.807, 2.05) is 0 Å². The fourth-order valence-corrected chi connectivity index (χ4v) is 2.11. The number of hydrogen-bond donors (Lipinski definition) is 0. The van der Waals surface area contributed by atoms with E-state index >= 15 is 0 Å². The molecule has 0 N–H and O–H groups in total. The first kappa shape index (κ1) is 14.2. The summed E-state index contributed by atoms with van der Waals surface area (Å²) < 4.78 is 37.4. The number of ketones is 1. The van der Waals surface area contributed by atoms with Gasteiger partial charge in [0.25, 0.3) is 0 Å². The van der Waals surface area contributed by atoms with Crippen LogP contribution >= 0.6 is 15.9 Å². The maximum atomic E-state index is 12.5. The van der Waals surface area contributed by atoms with E-state index in [0.717, 1.165) is 12.1 Å². The lowest BCUT2D eigenvalue weighted by Crippen LogP contribution is -2.16. The molecule has 0 bridgehead atoms. The molecule has 0 radical (unpaired) electrons. The highest BCUT2D eigenvalue weighted by Gasteiger charge is 2.30. The molecule has 1 rings (SSSR count). The van der Waals surface area contributed by atoms with Crippen molar-refractivity contribution in [2.75, 3.05) is 0 Å². The lowest BCUT2D eigenvalue weighted by atomic mass is 10.0. The van der Waals surface area contributed by atoms with Crippen LogP contribution < -0.4 is 0 Å². The molecule has 0 aliphatic rings. The number of halogens is 4. The number of rotatable bonds is 4. The van der Waals surface area contributed by atoms with E-state index in [1.165, 1.54) is 6.07 Å². The van der Waals surface area contributed by atoms with Crippen molar-refractivity contribution >= 4 is 21.7 Å². The van der Waals surface area contributed by atoms with Crippen molar-refractivity contribution < 1.29 is 18.0 Å². The Hall–Kier alpha value is -0.840. The number of alkyl halides is 4. The van der Waals surface area contributed by atoms with Crippen molar-refractivity contribution in [3.8, 4) is 0 Å². The molecule has 5 heteroatoms. The smallest absolute Gasteiger partial charge is 0.298 e. The van der Waals surface area contributed by atoms with Gasteiger partial charge in [0, 0.05) is 6.42 Å². The van der Waals surface area contributed by atoms with Crippen LogP contribution in [0, 0.1) is 0 Å². The first-order chi connectivity index (χ1) is 7.84. The van der Waals surface area contributed by atoms with E-state index in [1.54, 1.807) is 13.0 Å². The maximum Gasteiger partial charge on any atom is 0.416 e. The maximum absolute atomic E-state index is 12.5. The van der Waals surface area contributed by atoms with Crippen LogP contribution in [0.25, 0.3) is 0 Å². The third-order valence-electron chi connectivity index (χ3n) is 2.37. The molecule has 1 unspecified atom stereocenters. The molecule has 0 aliphatic carbocycles. The van der Waals surface area contributed by atoms with Gasteiger partial charge in [0.1, 0.15) is 5.78 Å². The van der Waals surface area contributed by atoms with Gasteiger partial charge < -0.3 is 0 Å². The second kappa shape index (κ2) is 5.67. The average molecular weight is 309 g/mol. The van der Waals surface area contributed by atoms with Gasteiger partial charge in [0.05, 0.1) is 10.4 Å². The van der Waals surface area contributed by atoms with E-state index in [4.69, 9.17) is 0 Å². The zero-order valence-electron chi connectivity index (χ0n) is 9.22. The van der Waals surface area contributed by atoms with Gasteiger partial charge in [-0.15, -0.1) is 0 Å². The number of hydrogen-bond acceptors (Lipinski definition) is 1. The molecular formula is C12H12BrF3O. The predicted octanol–water partition coefficient (Wildman–Crippen LogP) is 3.99. The Morgan fingerprint density at radius 1 is 1.41 bits per heavy atom. The molecule has 94 valence electrons. The van der Waals surface area contributed by atoms with E-state index in [2.05, 4.69) is 15.9 Å². The molecule has 1 atom stereocenters. The molecule has 0 aromatic heterocycles. The largest absolute Gasteiger partial charge is 0.416 e. The number of Topliss-reactive ketones (excluding diaryl/α,β-unsaturated/α-hetero) is 1. The highest BCUT2D eigenvalue weighted by Crippen LogP contribution is 2.30. The van der Waals surface area contributed by atoms with E-state index in [0.29, 0.717) is 12.0 Å². The molecule has 0 aliphatic heterocycles. The second-order valence-electron chi connectivity index (χ2n) is 3.69. The molecule has 0 saturated carbocycles. The summed E-state index contributed by atoms with van der Waals surface area (Å²) in [6.07, 6.45) is -3.70. The molecule has 0 fully saturated rings. The highest BCUT2D eigenvalue weighted by molar-refractivity contribution is 9.10. The summed E-state index contributed by atoms with van der Waals surface area (Å²) in [6, 6.07) is 5.05. The van der Waals surface area contributed by atoms with Gasteiger partial charge in [-0.05, 0) is 18.1 Å². The van der Waals surface area contributed by atoms with Gasteiger partial charge in [0.15, 0.2) is 0 Å². The fourth-order valence-electron chi connectivity index (χ4n) is 1.42. The number of carbonyl (C=O) groups excluding carboxylic acids is 1. The lowest BCUT2D eigenvalue weighted by Gasteiger charge is -2.11. The Morgan fingerprint density at radius 3 is 2.59 bits per heavy atom. The predicted molar refractivity (Wildman–Crippen MR) is 63.2 cm³/mol. The van der Waals surface area contributed by atoms with Crippen LogP contribution in [0.4, 0.5) is 13.2 Å². The molecular weight excluding hydrogens is 297 g/mol. The molecule has 0 spiro atoms. The third-order valence-corrected chi connectivity index (χ3v) is 3.20. The van der Waals surface area contributed by atoms with Crippen molar-refractivity contribution in [2.24, 2.45) is 0 Å². The van der Waals surface area contributed by atoms with Crippen LogP contribution in [0.5, 0.6) is 0 Å². The minimum absolute atomic E-state index is 0.0117. The molecule has 1 nitrogen and oxygen atoms in total. The minimum Gasteiger partial charge on any atom is -0.298 e. The molecule has 1 aromatic carbocycles. The van der Waals surface area contributed by atoms with Crippen molar-refractivity contribution in [2.45, 2.75) is 30.8 Å². The summed E-state index contributed by atoms with van der Waals surface area (Å²) in [7, 11) is 0. The zero-order chi connectivity index (χ0) is 13.1. The summed E-state index contributed by atoms with van der Waals surface area (Å²) in [5, 5.41) is 0. The van der Waals surface area contributed by atoms with Gasteiger partial charge in [-0.25, -0.2) is 0 Å². The second-order valence-corrected chi connectivity index (χ2v) is 4.79. The van der Waals surface area contributed by atoms with Crippen LogP contribution in [0.15, 0.2) is 24.3 Å². The molecule has 17 heavy (non-hydrogen) atoms. The first-order valence-electron chi connectivity index (χ1n) is 5.17. The normalized spacial score (nSPS) is 13.5. The molecule has 0 heterocycles. The number of carbonyl (C=O) groups is 1. The third kappa shape index (κ3) is 4.15. The first-order valence-corrected chi connectivity index (χ1v) is 6.09. The Bertz CT molecular complexity index is 401. The SMILES string of the molecule is CCC(=O)C(Br)Cc1cccc(C(F)(F)F)c1. The van der Waals surface area contributed by atoms with Gasteiger partial charge in [-0.1, -0.05) is 41.1 Å². The zero-order valence-corrected chi connectivity index (χ0v) is 10.8. The summed E-state index contributed by atoms with van der Waals surface area (Å²) >= 11 is 3.18. The van der Waals surface area contributed by atoms with Crippen LogP contribution in [0.1, 0.15) is 24.5 Å². The standard InChI is InChI=1S/C12H12BrF3O/c1-2-11(17)10(13)7-8-4-3-5-9(6-8)12(14,15)16/h3-6,10H,2,7H2,1H3. The summed E-state index contributed by atoms with van der Waals surface area (Å²) in [4.78, 5) is 10.9. The highest BCUT2D eigenvalue weighted by atomic mass is 79.9. The van der Waals surface area contributed by atoms with Crippen LogP contribution in [-0.4, -0.2) is 10.6 Å². The van der Waals surface area contributed by atoms with Crippen LogP contribution in [-0.2, 0) is 17.4 Å². The van der Waals surface area contributed by atoms with Gasteiger partial charge >= 0.3 is 6.18 Å². The lowest BCUT2D eigenvalue weighted by molar-refractivity contribution is -0.137. The van der Waals surface area contributed by atoms with Gasteiger partial charge in [-0.3, -0.25) is 4.79 Å². The molecule has 0 amide bonds. The Labute approximate surface area is 106 Å². The van der Waals surface area contributed by atoms with Crippen molar-refractivity contribution in [1.82, 2.24) is 0 Å². The topological polar surface area (TPSA) is 17.1 Å². The van der Waals surface area contributed by atoms with Crippen molar-refractivity contribution in [3.63, 3.8) is 0 Å². The van der Waals surface area contributed by atoms with Crippen molar-refractivity contribution in [1.29, 1.82) is 0 Å². The van der Waals surface area contributed by atoms with Gasteiger partial charge in [0.2, 0.25) is 0 Å². The van der Waals surface area contributed by atoms with E-state index in [9.17, 15) is 18.0 Å². The summed E-state index contributed by atoms with van der Waals surface area (Å²) in [6.45, 7) is 1.72. The fraction of sp³-hybridized carbons (Fsp3) is 0.417. The average Bonchev–Trinajstić information content (AvgIpc) is 2.27. The minimum atomic E-state index is -4.34. The van der Waals surface area contributed by atoms with E-state index < -0.39 is 16.6 Å². The Morgan fingerprint density at radius 2 is 2.06 bits per heavy atom. The van der Waals surface area contributed by atoms with Crippen LogP contribution in [0.3, 0.4) is 0 Å².